The Hall–Kier alpha value is -0.870. The molecule has 4 heteroatoms. The molecule has 2 aliphatic carbocycles. The van der Waals surface area contributed by atoms with Crippen molar-refractivity contribution < 1.29 is 14.6 Å². The highest BCUT2D eigenvalue weighted by Crippen LogP contribution is 2.42. The van der Waals surface area contributed by atoms with Crippen LogP contribution in [-0.2, 0) is 9.53 Å². The summed E-state index contributed by atoms with van der Waals surface area (Å²) >= 11 is 0. The van der Waals surface area contributed by atoms with Crippen LogP contribution in [0.25, 0.3) is 0 Å². The minimum absolute atomic E-state index is 0.390. The number of allylic oxidation sites excluding steroid dienone is 2. The first-order valence-corrected chi connectivity index (χ1v) is 6.29. The average Bonchev–Trinajstić information content (AvgIpc) is 2.90. The van der Waals surface area contributed by atoms with E-state index < -0.39 is 18.1 Å². The second kappa shape index (κ2) is 5.19. The van der Waals surface area contributed by atoms with Crippen molar-refractivity contribution >= 4 is 5.97 Å². The molecule has 5 atom stereocenters. The molecule has 1 fully saturated rings. The SMILES string of the molecule is COC(=O)C(NCC1CC2C=CC1C2)C(C)O. The zero-order valence-corrected chi connectivity index (χ0v) is 10.4. The summed E-state index contributed by atoms with van der Waals surface area (Å²) in [5, 5.41) is 12.7. The molecule has 17 heavy (non-hydrogen) atoms. The van der Waals surface area contributed by atoms with Gasteiger partial charge in [0.2, 0.25) is 0 Å². The first-order valence-electron chi connectivity index (χ1n) is 6.29. The van der Waals surface area contributed by atoms with Crippen molar-refractivity contribution in [1.82, 2.24) is 5.32 Å². The Morgan fingerprint density at radius 3 is 2.76 bits per heavy atom. The maximum Gasteiger partial charge on any atom is 0.325 e. The number of carbonyl (C=O) groups is 1. The van der Waals surface area contributed by atoms with Crippen molar-refractivity contribution in [2.45, 2.75) is 31.9 Å². The maximum atomic E-state index is 11.5. The minimum Gasteiger partial charge on any atom is -0.468 e. The molecular formula is C13H21NO3. The van der Waals surface area contributed by atoms with E-state index in [4.69, 9.17) is 0 Å². The van der Waals surface area contributed by atoms with Gasteiger partial charge in [0.1, 0.15) is 6.04 Å². The lowest BCUT2D eigenvalue weighted by Gasteiger charge is -2.24. The van der Waals surface area contributed by atoms with Crippen LogP contribution in [0.4, 0.5) is 0 Å². The van der Waals surface area contributed by atoms with Crippen LogP contribution in [0.2, 0.25) is 0 Å². The molecule has 2 aliphatic rings. The second-order valence-corrected chi connectivity index (χ2v) is 5.19. The third-order valence-corrected chi connectivity index (χ3v) is 3.95. The van der Waals surface area contributed by atoms with Crippen LogP contribution in [0, 0.1) is 17.8 Å². The lowest BCUT2D eigenvalue weighted by molar-refractivity contribution is -0.145. The number of aliphatic hydroxyl groups excluding tert-OH is 1. The van der Waals surface area contributed by atoms with Crippen molar-refractivity contribution in [2.24, 2.45) is 17.8 Å². The van der Waals surface area contributed by atoms with Gasteiger partial charge in [-0.3, -0.25) is 4.79 Å². The van der Waals surface area contributed by atoms with E-state index in [1.807, 2.05) is 0 Å². The number of carbonyl (C=O) groups excluding carboxylic acids is 1. The van der Waals surface area contributed by atoms with Crippen molar-refractivity contribution in [3.63, 3.8) is 0 Å². The molecule has 0 heterocycles. The molecule has 0 amide bonds. The van der Waals surface area contributed by atoms with Gasteiger partial charge < -0.3 is 15.2 Å². The molecule has 4 nitrogen and oxygen atoms in total. The quantitative estimate of drug-likeness (QED) is 0.548. The smallest absolute Gasteiger partial charge is 0.325 e. The molecule has 0 aromatic heterocycles. The molecule has 0 saturated heterocycles. The summed E-state index contributed by atoms with van der Waals surface area (Å²) in [4.78, 5) is 11.5. The van der Waals surface area contributed by atoms with E-state index in [1.165, 1.54) is 20.0 Å². The number of ether oxygens (including phenoxy) is 1. The van der Waals surface area contributed by atoms with E-state index >= 15 is 0 Å². The number of nitrogens with one attached hydrogen (secondary N) is 1. The summed E-state index contributed by atoms with van der Waals surface area (Å²) in [7, 11) is 1.35. The van der Waals surface area contributed by atoms with Crippen LogP contribution in [0.5, 0.6) is 0 Å². The Morgan fingerprint density at radius 1 is 1.53 bits per heavy atom. The van der Waals surface area contributed by atoms with E-state index in [1.54, 1.807) is 6.92 Å². The molecule has 0 aromatic rings. The number of fused-ring (bicyclic) bond motifs is 2. The average molecular weight is 239 g/mol. The molecule has 2 N–H and O–H groups in total. The number of methoxy groups -OCH3 is 1. The molecule has 0 radical (unpaired) electrons. The van der Waals surface area contributed by atoms with Gasteiger partial charge in [-0.15, -0.1) is 0 Å². The van der Waals surface area contributed by atoms with Crippen LogP contribution in [0.1, 0.15) is 19.8 Å². The van der Waals surface area contributed by atoms with Crippen molar-refractivity contribution in [3.8, 4) is 0 Å². The second-order valence-electron chi connectivity index (χ2n) is 5.19. The molecule has 0 spiro atoms. The summed E-state index contributed by atoms with van der Waals surface area (Å²) in [5.41, 5.74) is 0. The molecular weight excluding hydrogens is 218 g/mol. The Bertz CT molecular complexity index is 314. The van der Waals surface area contributed by atoms with Crippen LogP contribution >= 0.6 is 0 Å². The Labute approximate surface area is 102 Å². The predicted molar refractivity (Wildman–Crippen MR) is 64.3 cm³/mol. The summed E-state index contributed by atoms with van der Waals surface area (Å²) in [5.74, 6) is 1.59. The molecule has 1 saturated carbocycles. The summed E-state index contributed by atoms with van der Waals surface area (Å²) < 4.78 is 4.68. The van der Waals surface area contributed by atoms with Crippen LogP contribution < -0.4 is 5.32 Å². The number of rotatable bonds is 5. The number of hydrogen-bond donors (Lipinski definition) is 2. The molecule has 0 aromatic carbocycles. The van der Waals surface area contributed by atoms with Gasteiger partial charge in [-0.05, 0) is 44.1 Å². The third-order valence-electron chi connectivity index (χ3n) is 3.95. The summed E-state index contributed by atoms with van der Waals surface area (Å²) in [6.45, 7) is 2.38. The Kier molecular flexibility index (Phi) is 3.84. The molecule has 2 bridgehead atoms. The zero-order valence-electron chi connectivity index (χ0n) is 10.4. The first-order chi connectivity index (χ1) is 8.11. The van der Waals surface area contributed by atoms with Crippen LogP contribution in [0.15, 0.2) is 12.2 Å². The van der Waals surface area contributed by atoms with Gasteiger partial charge in [0.05, 0.1) is 13.2 Å². The van der Waals surface area contributed by atoms with Crippen molar-refractivity contribution in [3.05, 3.63) is 12.2 Å². The molecule has 2 rings (SSSR count). The number of hydrogen-bond acceptors (Lipinski definition) is 4. The zero-order chi connectivity index (χ0) is 12.4. The van der Waals surface area contributed by atoms with Gasteiger partial charge in [-0.1, -0.05) is 12.2 Å². The van der Waals surface area contributed by atoms with Crippen LogP contribution in [-0.4, -0.2) is 36.9 Å². The highest BCUT2D eigenvalue weighted by atomic mass is 16.5. The predicted octanol–water partition coefficient (Wildman–Crippen LogP) is 0.711. The fourth-order valence-corrected chi connectivity index (χ4v) is 2.99. The topological polar surface area (TPSA) is 58.6 Å². The third kappa shape index (κ3) is 2.69. The van der Waals surface area contributed by atoms with E-state index in [0.29, 0.717) is 11.8 Å². The maximum absolute atomic E-state index is 11.5. The lowest BCUT2D eigenvalue weighted by Crippen LogP contribution is -2.47. The summed E-state index contributed by atoms with van der Waals surface area (Å²) in [6.07, 6.45) is 6.31. The highest BCUT2D eigenvalue weighted by Gasteiger charge is 2.36. The van der Waals surface area contributed by atoms with Gasteiger partial charge in [0.25, 0.3) is 0 Å². The van der Waals surface area contributed by atoms with Gasteiger partial charge in [0, 0.05) is 0 Å². The van der Waals surface area contributed by atoms with Crippen molar-refractivity contribution in [1.29, 1.82) is 0 Å². The molecule has 0 aliphatic heterocycles. The minimum atomic E-state index is -0.725. The standard InChI is InChI=1S/C13H21NO3/c1-8(15)12(13(16)17-2)14-7-11-6-9-3-4-10(11)5-9/h3-4,8-12,14-15H,5-7H2,1-2H3. The van der Waals surface area contributed by atoms with Crippen molar-refractivity contribution in [2.75, 3.05) is 13.7 Å². The van der Waals surface area contributed by atoms with Gasteiger partial charge in [-0.2, -0.15) is 0 Å². The Balaban J connectivity index is 1.83. The van der Waals surface area contributed by atoms with Gasteiger partial charge in [0.15, 0.2) is 0 Å². The Morgan fingerprint density at radius 2 is 2.29 bits per heavy atom. The van der Waals surface area contributed by atoms with E-state index in [0.717, 1.165) is 12.5 Å². The van der Waals surface area contributed by atoms with E-state index in [-0.39, 0.29) is 0 Å². The van der Waals surface area contributed by atoms with Gasteiger partial charge in [-0.25, -0.2) is 0 Å². The number of esters is 1. The fourth-order valence-electron chi connectivity index (χ4n) is 2.99. The van der Waals surface area contributed by atoms with Gasteiger partial charge >= 0.3 is 5.97 Å². The molecule has 5 unspecified atom stereocenters. The van der Waals surface area contributed by atoms with E-state index in [2.05, 4.69) is 22.2 Å². The highest BCUT2D eigenvalue weighted by molar-refractivity contribution is 5.76. The molecule has 96 valence electrons. The number of aliphatic hydroxyl groups is 1. The van der Waals surface area contributed by atoms with E-state index in [9.17, 15) is 9.90 Å². The lowest BCUT2D eigenvalue weighted by atomic mass is 9.93. The summed E-state index contributed by atoms with van der Waals surface area (Å²) in [6, 6.07) is -0.608. The fraction of sp³-hybridized carbons (Fsp3) is 0.769. The first kappa shape index (κ1) is 12.6. The monoisotopic (exact) mass is 239 g/mol. The largest absolute Gasteiger partial charge is 0.468 e. The van der Waals surface area contributed by atoms with Crippen LogP contribution in [0.3, 0.4) is 0 Å². The normalized spacial score (nSPS) is 33.7.